The van der Waals surface area contributed by atoms with Crippen LogP contribution in [0.5, 0.6) is 17.2 Å². The zero-order valence-corrected chi connectivity index (χ0v) is 20.8. The lowest BCUT2D eigenvalue weighted by atomic mass is 10.2. The molecule has 0 atom stereocenters. The number of nitrogens with zero attached hydrogens (tertiary/aromatic N) is 3. The Morgan fingerprint density at radius 3 is 2.61 bits per heavy atom. The fourth-order valence-electron chi connectivity index (χ4n) is 4.10. The number of hydrogen-bond acceptors (Lipinski definition) is 6. The molecular weight excluding hydrogens is 484 g/mol. The van der Waals surface area contributed by atoms with Crippen LogP contribution >= 0.6 is 0 Å². The van der Waals surface area contributed by atoms with E-state index in [1.165, 1.54) is 4.68 Å². The fraction of sp³-hybridized carbons (Fsp3) is 0.138. The highest BCUT2D eigenvalue weighted by molar-refractivity contribution is 6.05. The van der Waals surface area contributed by atoms with Crippen LogP contribution < -0.4 is 20.3 Å². The number of aromatic nitrogens is 3. The van der Waals surface area contributed by atoms with E-state index in [-0.39, 0.29) is 18.8 Å². The Labute approximate surface area is 218 Å². The van der Waals surface area contributed by atoms with Gasteiger partial charge in [0.2, 0.25) is 0 Å². The minimum Gasteiger partial charge on any atom is -0.491 e. The Morgan fingerprint density at radius 2 is 1.87 bits per heavy atom. The van der Waals surface area contributed by atoms with E-state index in [0.717, 1.165) is 5.39 Å². The van der Waals surface area contributed by atoms with E-state index in [9.17, 15) is 9.59 Å². The average molecular weight is 509 g/mol. The number of pyridine rings is 1. The lowest BCUT2D eigenvalue weighted by Crippen LogP contribution is -2.25. The first kappa shape index (κ1) is 24.6. The van der Waals surface area contributed by atoms with Crippen LogP contribution in [0.3, 0.4) is 0 Å². The number of nitrogens with one attached hydrogen (secondary N) is 1. The number of aliphatic hydroxyl groups is 1. The quantitative estimate of drug-likeness (QED) is 0.328. The predicted octanol–water partition coefficient (Wildman–Crippen LogP) is 4.05. The molecule has 5 aromatic rings. The predicted molar refractivity (Wildman–Crippen MR) is 142 cm³/mol. The van der Waals surface area contributed by atoms with Gasteiger partial charge in [0.15, 0.2) is 0 Å². The van der Waals surface area contributed by atoms with Gasteiger partial charge in [-0.15, -0.1) is 0 Å². The maximum Gasteiger partial charge on any atom is 0.284 e. The van der Waals surface area contributed by atoms with Crippen molar-refractivity contribution in [2.24, 2.45) is 7.05 Å². The molecule has 2 heterocycles. The fourth-order valence-corrected chi connectivity index (χ4v) is 4.10. The first-order valence-electron chi connectivity index (χ1n) is 11.8. The van der Waals surface area contributed by atoms with Crippen LogP contribution in [-0.4, -0.2) is 38.6 Å². The van der Waals surface area contributed by atoms with E-state index < -0.39 is 11.5 Å². The molecule has 0 unspecified atom stereocenters. The summed E-state index contributed by atoms with van der Waals surface area (Å²) in [6, 6.07) is 24.7. The molecule has 0 radical (unpaired) electrons. The highest BCUT2D eigenvalue weighted by Crippen LogP contribution is 2.31. The van der Waals surface area contributed by atoms with Gasteiger partial charge in [0, 0.05) is 36.5 Å². The zero-order valence-electron chi connectivity index (χ0n) is 20.8. The van der Waals surface area contributed by atoms with Gasteiger partial charge < -0.3 is 19.9 Å². The molecule has 9 nitrogen and oxygen atoms in total. The van der Waals surface area contributed by atoms with Gasteiger partial charge in [-0.05, 0) is 61.5 Å². The summed E-state index contributed by atoms with van der Waals surface area (Å²) in [4.78, 5) is 30.5. The molecule has 1 amide bonds. The molecule has 0 saturated heterocycles. The van der Waals surface area contributed by atoms with Crippen molar-refractivity contribution in [3.05, 3.63) is 107 Å². The minimum absolute atomic E-state index is 0.0613. The molecule has 0 fully saturated rings. The summed E-state index contributed by atoms with van der Waals surface area (Å²) in [6.45, 7) is 1.86. The molecular formula is C29H24N4O5. The van der Waals surface area contributed by atoms with Gasteiger partial charge in [-0.25, -0.2) is 4.68 Å². The first-order chi connectivity index (χ1) is 18.5. The smallest absolute Gasteiger partial charge is 0.284 e. The first-order valence-corrected chi connectivity index (χ1v) is 11.8. The zero-order chi connectivity index (χ0) is 26.6. The number of ether oxygens (including phenoxy) is 2. The van der Waals surface area contributed by atoms with E-state index in [1.54, 1.807) is 85.5 Å². The molecule has 190 valence electrons. The van der Waals surface area contributed by atoms with Gasteiger partial charge >= 0.3 is 0 Å². The van der Waals surface area contributed by atoms with E-state index in [1.807, 2.05) is 6.07 Å². The standard InChI is InChI=1S/C29H24N4O5/c1-19-27(29(36)33(32(19)2)21-6-4-3-5-7-21)28(35)31-20-8-10-22(11-9-20)38-26-14-15-30-25-18-23(37-17-16-34)12-13-24(25)26/h4,6-15,18,34H,16-17H2,1-2H3,(H,31,35). The summed E-state index contributed by atoms with van der Waals surface area (Å²) in [5, 5.41) is 12.5. The maximum atomic E-state index is 13.1. The van der Waals surface area contributed by atoms with Crippen LogP contribution in [0.2, 0.25) is 0 Å². The monoisotopic (exact) mass is 508 g/mol. The molecule has 0 bridgehead atoms. The average Bonchev–Trinajstić information content (AvgIpc) is 3.16. The third kappa shape index (κ3) is 4.81. The second-order valence-corrected chi connectivity index (χ2v) is 8.43. The molecule has 0 saturated carbocycles. The lowest BCUT2D eigenvalue weighted by Gasteiger charge is -2.11. The highest BCUT2D eigenvalue weighted by atomic mass is 16.5. The van der Waals surface area contributed by atoms with Crippen molar-refractivity contribution in [2.45, 2.75) is 6.92 Å². The van der Waals surface area contributed by atoms with Crippen molar-refractivity contribution in [3.8, 4) is 22.9 Å². The van der Waals surface area contributed by atoms with Gasteiger partial charge in [-0.3, -0.25) is 19.3 Å². The minimum atomic E-state index is -0.499. The second-order valence-electron chi connectivity index (χ2n) is 8.43. The Morgan fingerprint density at radius 1 is 1.08 bits per heavy atom. The van der Waals surface area contributed by atoms with Gasteiger partial charge in [0.1, 0.15) is 29.4 Å². The molecule has 9 heteroatoms. The SMILES string of the molecule is Cc1c(C(=O)Nc2ccc(Oc3ccnc4cc(OCCO)ccc34)cc2)c(=O)n(-c2cc#ccc2)n1C. The largest absolute Gasteiger partial charge is 0.491 e. The van der Waals surface area contributed by atoms with Gasteiger partial charge in [0.05, 0.1) is 23.5 Å². The summed E-state index contributed by atoms with van der Waals surface area (Å²) in [5.41, 5.74) is 1.98. The van der Waals surface area contributed by atoms with Gasteiger partial charge in [-0.2, -0.15) is 0 Å². The summed E-state index contributed by atoms with van der Waals surface area (Å²) < 4.78 is 14.6. The lowest BCUT2D eigenvalue weighted by molar-refractivity contribution is 0.102. The van der Waals surface area contributed by atoms with Crippen LogP contribution in [0.1, 0.15) is 16.1 Å². The summed E-state index contributed by atoms with van der Waals surface area (Å²) >= 11 is 0. The van der Waals surface area contributed by atoms with Crippen molar-refractivity contribution in [2.75, 3.05) is 18.5 Å². The van der Waals surface area contributed by atoms with Crippen LogP contribution in [0, 0.1) is 19.1 Å². The van der Waals surface area contributed by atoms with E-state index in [4.69, 9.17) is 14.6 Å². The van der Waals surface area contributed by atoms with Crippen LogP contribution in [0.25, 0.3) is 16.6 Å². The third-order valence-corrected chi connectivity index (χ3v) is 6.04. The molecule has 0 aliphatic rings. The number of rotatable bonds is 8. The number of carbonyl (C=O) groups excluding carboxylic acids is 1. The normalized spacial score (nSPS) is 10.7. The Hall–Kier alpha value is -5.07. The topological polar surface area (TPSA) is 108 Å². The van der Waals surface area contributed by atoms with Crippen molar-refractivity contribution in [1.29, 1.82) is 0 Å². The summed E-state index contributed by atoms with van der Waals surface area (Å²) in [6.07, 6.45) is 1.64. The number of benzene rings is 2. The van der Waals surface area contributed by atoms with E-state index in [0.29, 0.717) is 39.8 Å². The number of amides is 1. The maximum absolute atomic E-state index is 13.1. The number of carbonyl (C=O) groups is 1. The molecule has 2 N–H and O–H groups in total. The molecule has 5 rings (SSSR count). The molecule has 0 spiro atoms. The number of fused-ring (bicyclic) bond motifs is 1. The Kier molecular flexibility index (Phi) is 6.80. The van der Waals surface area contributed by atoms with Crippen LogP contribution in [0.4, 0.5) is 5.69 Å². The molecule has 2 aromatic heterocycles. The second kappa shape index (κ2) is 10.5. The summed E-state index contributed by atoms with van der Waals surface area (Å²) in [7, 11) is 1.72. The third-order valence-electron chi connectivity index (χ3n) is 6.04. The van der Waals surface area contributed by atoms with E-state index >= 15 is 0 Å². The number of hydrogen-bond donors (Lipinski definition) is 2. The number of anilines is 1. The van der Waals surface area contributed by atoms with Crippen molar-refractivity contribution >= 4 is 22.5 Å². The molecule has 0 aliphatic carbocycles. The van der Waals surface area contributed by atoms with Crippen molar-refractivity contribution in [3.63, 3.8) is 0 Å². The van der Waals surface area contributed by atoms with E-state index in [2.05, 4.69) is 22.4 Å². The van der Waals surface area contributed by atoms with Gasteiger partial charge in [-0.1, -0.05) is 12.1 Å². The molecule has 0 aliphatic heterocycles. The molecule has 3 aromatic carbocycles. The number of aliphatic hydroxyl groups excluding tert-OH is 1. The Balaban J connectivity index is 1.33. The molecule has 38 heavy (non-hydrogen) atoms. The van der Waals surface area contributed by atoms with Crippen molar-refractivity contribution < 1.29 is 19.4 Å². The van der Waals surface area contributed by atoms with Crippen LogP contribution in [0.15, 0.2) is 77.7 Å². The Bertz CT molecular complexity index is 1660. The highest BCUT2D eigenvalue weighted by Gasteiger charge is 2.22. The van der Waals surface area contributed by atoms with Crippen molar-refractivity contribution in [1.82, 2.24) is 14.3 Å². The van der Waals surface area contributed by atoms with Gasteiger partial charge in [0.25, 0.3) is 11.5 Å². The van der Waals surface area contributed by atoms with Crippen LogP contribution in [-0.2, 0) is 7.05 Å². The summed E-state index contributed by atoms with van der Waals surface area (Å²) in [5.74, 6) is 1.28.